The van der Waals surface area contributed by atoms with Gasteiger partial charge in [0.15, 0.2) is 18.2 Å². The van der Waals surface area contributed by atoms with E-state index in [4.69, 9.17) is 16.3 Å². The summed E-state index contributed by atoms with van der Waals surface area (Å²) >= 11 is 6.20. The van der Waals surface area contributed by atoms with Gasteiger partial charge in [-0.1, -0.05) is 17.7 Å². The molecule has 0 fully saturated rings. The van der Waals surface area contributed by atoms with Crippen molar-refractivity contribution < 1.29 is 14.3 Å². The number of halogens is 1. The number of aryl methyl sites for hydroxylation is 2. The van der Waals surface area contributed by atoms with E-state index in [2.05, 4.69) is 10.3 Å². The molecule has 24 heavy (non-hydrogen) atoms. The van der Waals surface area contributed by atoms with Crippen LogP contribution in [-0.4, -0.2) is 29.9 Å². The van der Waals surface area contributed by atoms with Crippen LogP contribution >= 0.6 is 11.6 Å². The van der Waals surface area contributed by atoms with Crippen molar-refractivity contribution in [2.75, 3.05) is 23.4 Å². The van der Waals surface area contributed by atoms with Gasteiger partial charge in [-0.2, -0.15) is 0 Å². The molecule has 1 aliphatic heterocycles. The molecule has 1 aromatic carbocycles. The Bertz CT molecular complexity index is 799. The van der Waals surface area contributed by atoms with E-state index in [1.165, 1.54) is 4.90 Å². The zero-order valence-electron chi connectivity index (χ0n) is 13.3. The third kappa shape index (κ3) is 3.19. The van der Waals surface area contributed by atoms with Crippen molar-refractivity contribution in [2.24, 2.45) is 0 Å². The number of rotatable bonds is 3. The highest BCUT2D eigenvalue weighted by atomic mass is 35.5. The number of pyridine rings is 1. The summed E-state index contributed by atoms with van der Waals surface area (Å²) in [6.07, 6.45) is 1.55. The standard InChI is InChI=1S/C17H16ClN3O3/c1-10-6-11(2)16(12(18)7-10)20-14(22)8-21-15(23)9-24-13-4-3-5-19-17(13)21/h3-7H,8-9H2,1-2H3,(H,20,22). The number of ether oxygens (including phenoxy) is 1. The lowest BCUT2D eigenvalue weighted by molar-refractivity contribution is -0.123. The van der Waals surface area contributed by atoms with Gasteiger partial charge in [0.1, 0.15) is 6.54 Å². The molecule has 0 unspecified atom stereocenters. The highest BCUT2D eigenvalue weighted by Gasteiger charge is 2.28. The SMILES string of the molecule is Cc1cc(C)c(NC(=O)CN2C(=O)COc3cccnc32)c(Cl)c1. The zero-order chi connectivity index (χ0) is 17.3. The third-order valence-corrected chi connectivity index (χ3v) is 3.95. The first-order chi connectivity index (χ1) is 11.5. The summed E-state index contributed by atoms with van der Waals surface area (Å²) in [5.41, 5.74) is 2.42. The van der Waals surface area contributed by atoms with E-state index in [1.54, 1.807) is 24.4 Å². The molecule has 0 spiro atoms. The molecule has 7 heteroatoms. The van der Waals surface area contributed by atoms with Crippen molar-refractivity contribution in [3.05, 3.63) is 46.6 Å². The zero-order valence-corrected chi connectivity index (χ0v) is 14.1. The van der Waals surface area contributed by atoms with E-state index in [0.717, 1.165) is 11.1 Å². The fraction of sp³-hybridized carbons (Fsp3) is 0.235. The van der Waals surface area contributed by atoms with Gasteiger partial charge in [-0.3, -0.25) is 14.5 Å². The number of fused-ring (bicyclic) bond motifs is 1. The normalized spacial score (nSPS) is 13.3. The number of nitrogens with one attached hydrogen (secondary N) is 1. The Morgan fingerprint density at radius 3 is 2.96 bits per heavy atom. The van der Waals surface area contributed by atoms with E-state index >= 15 is 0 Å². The van der Waals surface area contributed by atoms with Crippen molar-refractivity contribution in [1.82, 2.24) is 4.98 Å². The van der Waals surface area contributed by atoms with Gasteiger partial charge < -0.3 is 10.1 Å². The number of hydrogen-bond donors (Lipinski definition) is 1. The van der Waals surface area contributed by atoms with Gasteiger partial charge in [-0.05, 0) is 43.2 Å². The second-order valence-corrected chi connectivity index (χ2v) is 5.99. The van der Waals surface area contributed by atoms with E-state index < -0.39 is 0 Å². The Kier molecular flexibility index (Phi) is 4.40. The Hall–Kier alpha value is -2.60. The monoisotopic (exact) mass is 345 g/mol. The molecular formula is C17H16ClN3O3. The number of hydrogen-bond acceptors (Lipinski definition) is 4. The molecule has 3 rings (SSSR count). The van der Waals surface area contributed by atoms with Gasteiger partial charge in [-0.15, -0.1) is 0 Å². The van der Waals surface area contributed by atoms with E-state index in [9.17, 15) is 9.59 Å². The van der Waals surface area contributed by atoms with Gasteiger partial charge in [0.05, 0.1) is 10.7 Å². The first-order valence-corrected chi connectivity index (χ1v) is 7.78. The highest BCUT2D eigenvalue weighted by molar-refractivity contribution is 6.34. The molecule has 0 radical (unpaired) electrons. The maximum Gasteiger partial charge on any atom is 0.266 e. The molecule has 1 aliphatic rings. The maximum absolute atomic E-state index is 12.4. The first-order valence-electron chi connectivity index (χ1n) is 7.40. The minimum absolute atomic E-state index is 0.115. The molecule has 124 valence electrons. The fourth-order valence-corrected chi connectivity index (χ4v) is 2.96. The minimum atomic E-state index is -0.351. The average molecular weight is 346 g/mol. The Morgan fingerprint density at radius 1 is 1.42 bits per heavy atom. The number of amides is 2. The van der Waals surface area contributed by atoms with Crippen molar-refractivity contribution >= 4 is 34.9 Å². The second-order valence-electron chi connectivity index (χ2n) is 5.58. The molecule has 1 N–H and O–H groups in total. The summed E-state index contributed by atoms with van der Waals surface area (Å²) in [5, 5.41) is 3.24. The Balaban J connectivity index is 1.80. The number of carbonyl (C=O) groups excluding carboxylic acids is 2. The highest BCUT2D eigenvalue weighted by Crippen LogP contribution is 2.30. The number of anilines is 2. The molecule has 0 atom stereocenters. The van der Waals surface area contributed by atoms with Crippen molar-refractivity contribution in [2.45, 2.75) is 13.8 Å². The van der Waals surface area contributed by atoms with E-state index in [1.807, 2.05) is 19.9 Å². The molecule has 0 saturated carbocycles. The second kappa shape index (κ2) is 6.49. The Labute approximate surface area is 144 Å². The van der Waals surface area contributed by atoms with Gasteiger partial charge in [0.25, 0.3) is 5.91 Å². The van der Waals surface area contributed by atoms with Gasteiger partial charge in [0.2, 0.25) is 5.91 Å². The van der Waals surface area contributed by atoms with Gasteiger partial charge >= 0.3 is 0 Å². The fourth-order valence-electron chi connectivity index (χ4n) is 2.59. The van der Waals surface area contributed by atoms with Crippen LogP contribution < -0.4 is 15.0 Å². The van der Waals surface area contributed by atoms with Crippen LogP contribution in [0.5, 0.6) is 5.75 Å². The van der Waals surface area contributed by atoms with Crippen molar-refractivity contribution in [3.63, 3.8) is 0 Å². The van der Waals surface area contributed by atoms with Crippen LogP contribution in [0.4, 0.5) is 11.5 Å². The summed E-state index contributed by atoms with van der Waals surface area (Å²) in [4.78, 5) is 29.9. The summed E-state index contributed by atoms with van der Waals surface area (Å²) in [5.74, 6) is 0.156. The quantitative estimate of drug-likeness (QED) is 0.928. The van der Waals surface area contributed by atoms with Crippen LogP contribution in [0.15, 0.2) is 30.5 Å². The van der Waals surface area contributed by atoms with E-state index in [-0.39, 0.29) is 25.0 Å². The van der Waals surface area contributed by atoms with Crippen LogP contribution in [0.3, 0.4) is 0 Å². The molecular weight excluding hydrogens is 330 g/mol. The van der Waals surface area contributed by atoms with Crippen LogP contribution in [0.2, 0.25) is 5.02 Å². The first kappa shape index (κ1) is 16.3. The van der Waals surface area contributed by atoms with Gasteiger partial charge in [0, 0.05) is 6.20 Å². The lowest BCUT2D eigenvalue weighted by atomic mass is 10.1. The number of nitrogens with zero attached hydrogens (tertiary/aromatic N) is 2. The van der Waals surface area contributed by atoms with Crippen LogP contribution in [0, 0.1) is 13.8 Å². The van der Waals surface area contributed by atoms with Gasteiger partial charge in [-0.25, -0.2) is 4.98 Å². The number of aromatic nitrogens is 1. The van der Waals surface area contributed by atoms with Crippen LogP contribution in [-0.2, 0) is 9.59 Å². The summed E-state index contributed by atoms with van der Waals surface area (Å²) < 4.78 is 5.31. The largest absolute Gasteiger partial charge is 0.480 e. The molecule has 1 aromatic heterocycles. The lowest BCUT2D eigenvalue weighted by Gasteiger charge is -2.27. The molecule has 6 nitrogen and oxygen atoms in total. The summed E-state index contributed by atoms with van der Waals surface area (Å²) in [7, 11) is 0. The number of carbonyl (C=O) groups is 2. The Morgan fingerprint density at radius 2 is 2.21 bits per heavy atom. The average Bonchev–Trinajstić information content (AvgIpc) is 2.53. The maximum atomic E-state index is 12.4. The molecule has 2 amide bonds. The number of benzene rings is 1. The predicted molar refractivity (Wildman–Crippen MR) is 91.6 cm³/mol. The molecule has 0 bridgehead atoms. The summed E-state index contributed by atoms with van der Waals surface area (Å²) in [6, 6.07) is 7.13. The molecule has 0 aliphatic carbocycles. The molecule has 2 heterocycles. The van der Waals surface area contributed by atoms with E-state index in [0.29, 0.717) is 22.3 Å². The smallest absolute Gasteiger partial charge is 0.266 e. The van der Waals surface area contributed by atoms with Crippen LogP contribution in [0.25, 0.3) is 0 Å². The predicted octanol–water partition coefficient (Wildman–Crippen LogP) is 2.72. The lowest BCUT2D eigenvalue weighted by Crippen LogP contribution is -2.44. The third-order valence-electron chi connectivity index (χ3n) is 3.66. The van der Waals surface area contributed by atoms with Crippen LogP contribution in [0.1, 0.15) is 11.1 Å². The summed E-state index contributed by atoms with van der Waals surface area (Å²) in [6.45, 7) is 3.52. The molecule has 2 aromatic rings. The van der Waals surface area contributed by atoms with Crippen molar-refractivity contribution in [1.29, 1.82) is 0 Å². The minimum Gasteiger partial charge on any atom is -0.480 e. The topological polar surface area (TPSA) is 71.5 Å². The molecule has 0 saturated heterocycles. The van der Waals surface area contributed by atoms with Crippen molar-refractivity contribution in [3.8, 4) is 5.75 Å².